The van der Waals surface area contributed by atoms with Gasteiger partial charge in [0.1, 0.15) is 0 Å². The highest BCUT2D eigenvalue weighted by molar-refractivity contribution is 6.05. The maximum Gasteiger partial charge on any atom is 0.432 e. The van der Waals surface area contributed by atoms with E-state index in [9.17, 15) is 14.4 Å². The van der Waals surface area contributed by atoms with E-state index in [4.69, 9.17) is 5.11 Å². The van der Waals surface area contributed by atoms with Crippen molar-refractivity contribution in [2.75, 3.05) is 17.2 Å². The number of benzene rings is 1. The van der Waals surface area contributed by atoms with Crippen LogP contribution in [0.15, 0.2) is 30.5 Å². The van der Waals surface area contributed by atoms with Crippen LogP contribution in [0.1, 0.15) is 41.2 Å². The van der Waals surface area contributed by atoms with Crippen LogP contribution in [-0.2, 0) is 0 Å². The summed E-state index contributed by atoms with van der Waals surface area (Å²) < 4.78 is 0.703. The molecule has 2 aromatic rings. The largest absolute Gasteiger partial charge is 0.463 e. The first-order valence-electron chi connectivity index (χ1n) is 8.35. The minimum absolute atomic E-state index is 0.00558. The number of carboxylic acid groups (broad SMARTS) is 1. The number of fused-ring (bicyclic) bond motifs is 3. The second-order valence-corrected chi connectivity index (χ2v) is 6.28. The molecular formula is C17H17N5O4. The van der Waals surface area contributed by atoms with Gasteiger partial charge in [0.05, 0.1) is 6.04 Å². The topological polar surface area (TPSA) is 117 Å². The van der Waals surface area contributed by atoms with E-state index < -0.39 is 12.1 Å². The molecule has 2 aliphatic rings. The van der Waals surface area contributed by atoms with E-state index in [0.717, 1.165) is 31.4 Å². The lowest BCUT2D eigenvalue weighted by Gasteiger charge is -2.30. The summed E-state index contributed by atoms with van der Waals surface area (Å²) in [5, 5.41) is 17.8. The van der Waals surface area contributed by atoms with Gasteiger partial charge in [-0.1, -0.05) is 6.07 Å². The summed E-state index contributed by atoms with van der Waals surface area (Å²) in [6.07, 6.45) is 2.90. The van der Waals surface area contributed by atoms with Crippen LogP contribution in [0.25, 0.3) is 0 Å². The average Bonchev–Trinajstić information content (AvgIpc) is 3.20. The normalized spacial score (nSPS) is 18.2. The molecule has 0 spiro atoms. The van der Waals surface area contributed by atoms with Gasteiger partial charge in [0.2, 0.25) is 0 Å². The van der Waals surface area contributed by atoms with Crippen LogP contribution in [0.4, 0.5) is 21.1 Å². The van der Waals surface area contributed by atoms with E-state index in [2.05, 4.69) is 15.7 Å². The Morgan fingerprint density at radius 2 is 2.04 bits per heavy atom. The number of rotatable bonds is 2. The number of carbonyl (C=O) groups is 3. The predicted octanol–water partition coefficient (Wildman–Crippen LogP) is 2.73. The Balaban J connectivity index is 1.55. The van der Waals surface area contributed by atoms with Gasteiger partial charge in [0.15, 0.2) is 5.82 Å². The van der Waals surface area contributed by atoms with Crippen molar-refractivity contribution in [1.82, 2.24) is 14.7 Å². The number of amides is 3. The fourth-order valence-corrected chi connectivity index (χ4v) is 3.62. The zero-order valence-electron chi connectivity index (χ0n) is 13.8. The molecule has 1 fully saturated rings. The van der Waals surface area contributed by atoms with E-state index in [0.29, 0.717) is 15.9 Å². The number of nitrogens with one attached hydrogen (secondary N) is 2. The first kappa shape index (κ1) is 16.1. The van der Waals surface area contributed by atoms with Gasteiger partial charge >= 0.3 is 12.1 Å². The first-order chi connectivity index (χ1) is 12.5. The molecule has 26 heavy (non-hydrogen) atoms. The van der Waals surface area contributed by atoms with Crippen LogP contribution < -0.4 is 10.6 Å². The number of urea groups is 1. The Kier molecular flexibility index (Phi) is 3.83. The summed E-state index contributed by atoms with van der Waals surface area (Å²) in [5.74, 6) is 0.127. The number of aromatic nitrogens is 2. The molecule has 0 bridgehead atoms. The minimum Gasteiger partial charge on any atom is -0.463 e. The fourth-order valence-electron chi connectivity index (χ4n) is 3.62. The van der Waals surface area contributed by atoms with Gasteiger partial charge in [-0.25, -0.2) is 9.59 Å². The monoisotopic (exact) mass is 355 g/mol. The molecule has 1 saturated heterocycles. The molecule has 1 aromatic carbocycles. The summed E-state index contributed by atoms with van der Waals surface area (Å²) in [5.41, 5.74) is 2.06. The maximum absolute atomic E-state index is 12.6. The van der Waals surface area contributed by atoms with Crippen LogP contribution in [0.2, 0.25) is 0 Å². The van der Waals surface area contributed by atoms with Crippen LogP contribution in [-0.4, -0.2) is 44.4 Å². The molecule has 3 heterocycles. The van der Waals surface area contributed by atoms with Crippen molar-refractivity contribution in [3.8, 4) is 0 Å². The Labute approximate surface area is 148 Å². The Bertz CT molecular complexity index is 906. The summed E-state index contributed by atoms with van der Waals surface area (Å²) in [7, 11) is 0. The summed E-state index contributed by atoms with van der Waals surface area (Å²) in [4.78, 5) is 37.5. The third-order valence-corrected chi connectivity index (χ3v) is 4.71. The van der Waals surface area contributed by atoms with Crippen molar-refractivity contribution in [3.63, 3.8) is 0 Å². The van der Waals surface area contributed by atoms with Gasteiger partial charge in [-0.3, -0.25) is 10.1 Å². The molecule has 0 saturated carbocycles. The molecule has 2 aliphatic heterocycles. The van der Waals surface area contributed by atoms with Crippen molar-refractivity contribution in [1.29, 1.82) is 0 Å². The Morgan fingerprint density at radius 3 is 2.81 bits per heavy atom. The molecular weight excluding hydrogens is 338 g/mol. The van der Waals surface area contributed by atoms with Gasteiger partial charge in [0, 0.05) is 35.6 Å². The smallest absolute Gasteiger partial charge is 0.432 e. The third-order valence-electron chi connectivity index (χ3n) is 4.71. The number of hydrogen-bond acceptors (Lipinski definition) is 4. The number of carbonyl (C=O) groups excluding carboxylic acids is 2. The molecule has 3 amide bonds. The standard InChI is InChI=1S/C17H17N5O4/c23-15-10-4-3-5-11(14(10)12-6-1-2-8-21(12)15)18-16(24)19-13-7-9-22(20-13)17(25)26/h3-5,7,9,12H,1-2,6,8H2,(H,25,26)(H2,18,19,20,24). The molecule has 4 rings (SSSR count). The number of anilines is 2. The Hall–Kier alpha value is -3.36. The molecule has 134 valence electrons. The lowest BCUT2D eigenvalue weighted by Crippen LogP contribution is -2.32. The molecule has 9 heteroatoms. The fraction of sp³-hybridized carbons (Fsp3) is 0.294. The Morgan fingerprint density at radius 1 is 1.19 bits per heavy atom. The van der Waals surface area contributed by atoms with Gasteiger partial charge in [0.25, 0.3) is 5.91 Å². The molecule has 1 atom stereocenters. The highest BCUT2D eigenvalue weighted by atomic mass is 16.4. The summed E-state index contributed by atoms with van der Waals surface area (Å²) >= 11 is 0. The SMILES string of the molecule is O=C(Nc1ccn(C(=O)O)n1)Nc1cccc2c1C1CCCCN1C2=O. The average molecular weight is 355 g/mol. The van der Waals surface area contributed by atoms with Crippen LogP contribution in [0.5, 0.6) is 0 Å². The molecule has 9 nitrogen and oxygen atoms in total. The van der Waals surface area contributed by atoms with Gasteiger partial charge in [-0.15, -0.1) is 5.10 Å². The molecule has 0 radical (unpaired) electrons. The van der Waals surface area contributed by atoms with Crippen LogP contribution in [0.3, 0.4) is 0 Å². The summed E-state index contributed by atoms with van der Waals surface area (Å²) in [6, 6.07) is 6.12. The zero-order valence-corrected chi connectivity index (χ0v) is 13.8. The van der Waals surface area contributed by atoms with Gasteiger partial charge in [-0.05, 0) is 31.4 Å². The number of hydrogen-bond donors (Lipinski definition) is 3. The molecule has 0 aliphatic carbocycles. The lowest BCUT2D eigenvalue weighted by molar-refractivity contribution is 0.0672. The van der Waals surface area contributed by atoms with Gasteiger partial charge in [-0.2, -0.15) is 4.68 Å². The first-order valence-corrected chi connectivity index (χ1v) is 8.35. The number of nitrogens with zero attached hydrogens (tertiary/aromatic N) is 3. The highest BCUT2D eigenvalue weighted by Crippen LogP contribution is 2.43. The van der Waals surface area contributed by atoms with Crippen molar-refractivity contribution in [2.24, 2.45) is 0 Å². The van der Waals surface area contributed by atoms with E-state index >= 15 is 0 Å². The predicted molar refractivity (Wildman–Crippen MR) is 92.4 cm³/mol. The summed E-state index contributed by atoms with van der Waals surface area (Å²) in [6.45, 7) is 0.733. The quantitative estimate of drug-likeness (QED) is 0.766. The highest BCUT2D eigenvalue weighted by Gasteiger charge is 2.39. The van der Waals surface area contributed by atoms with E-state index in [-0.39, 0.29) is 17.8 Å². The van der Waals surface area contributed by atoms with Crippen LogP contribution >= 0.6 is 0 Å². The maximum atomic E-state index is 12.6. The second kappa shape index (κ2) is 6.17. The van der Waals surface area contributed by atoms with Crippen LogP contribution in [0, 0.1) is 0 Å². The van der Waals surface area contributed by atoms with Gasteiger partial charge < -0.3 is 15.3 Å². The van der Waals surface area contributed by atoms with E-state index in [1.165, 1.54) is 12.3 Å². The van der Waals surface area contributed by atoms with E-state index in [1.807, 2.05) is 4.90 Å². The second-order valence-electron chi connectivity index (χ2n) is 6.28. The molecule has 3 N–H and O–H groups in total. The van der Waals surface area contributed by atoms with E-state index in [1.54, 1.807) is 18.2 Å². The van der Waals surface area contributed by atoms with Crippen molar-refractivity contribution < 1.29 is 19.5 Å². The number of piperidine rings is 1. The molecule has 1 unspecified atom stereocenters. The van der Waals surface area contributed by atoms with Crippen molar-refractivity contribution >= 4 is 29.5 Å². The minimum atomic E-state index is -1.24. The lowest BCUT2D eigenvalue weighted by atomic mass is 9.96. The third kappa shape index (κ3) is 2.67. The molecule has 1 aromatic heterocycles. The zero-order chi connectivity index (χ0) is 18.3. The van der Waals surface area contributed by atoms with Crippen molar-refractivity contribution in [3.05, 3.63) is 41.6 Å². The van der Waals surface area contributed by atoms with Crippen molar-refractivity contribution in [2.45, 2.75) is 25.3 Å².